The summed E-state index contributed by atoms with van der Waals surface area (Å²) in [5.41, 5.74) is 0.687. The van der Waals surface area contributed by atoms with Crippen LogP contribution in [-0.4, -0.2) is 62.2 Å². The zero-order chi connectivity index (χ0) is 19.6. The lowest BCUT2D eigenvalue weighted by Gasteiger charge is -2.21. The number of nitrogens with one attached hydrogen (secondary N) is 1. The van der Waals surface area contributed by atoms with E-state index in [0.29, 0.717) is 31.9 Å². The summed E-state index contributed by atoms with van der Waals surface area (Å²) in [7, 11) is 3.12. The minimum atomic E-state index is -0.358. The summed E-state index contributed by atoms with van der Waals surface area (Å²) in [6, 6.07) is 7.11. The summed E-state index contributed by atoms with van der Waals surface area (Å²) in [4.78, 5) is 30.5. The van der Waals surface area contributed by atoms with E-state index in [4.69, 9.17) is 13.9 Å². The number of methoxy groups -OCH3 is 2. The van der Waals surface area contributed by atoms with Crippen molar-refractivity contribution in [1.29, 1.82) is 0 Å². The van der Waals surface area contributed by atoms with E-state index in [1.54, 1.807) is 37.3 Å². The van der Waals surface area contributed by atoms with Crippen LogP contribution in [0.4, 0.5) is 0 Å². The molecule has 146 valence electrons. The first kappa shape index (κ1) is 21.1. The van der Waals surface area contributed by atoms with Crippen LogP contribution in [-0.2, 0) is 16.0 Å². The molecular formula is C18H22BrN3O5. The van der Waals surface area contributed by atoms with Gasteiger partial charge < -0.3 is 24.1 Å². The van der Waals surface area contributed by atoms with E-state index in [1.165, 1.54) is 6.26 Å². The van der Waals surface area contributed by atoms with Gasteiger partial charge in [-0.15, -0.1) is 0 Å². The number of nitrogens with zero attached hydrogens (tertiary/aromatic N) is 2. The summed E-state index contributed by atoms with van der Waals surface area (Å²) in [6.07, 6.45) is 1.27. The summed E-state index contributed by atoms with van der Waals surface area (Å²) in [6.45, 7) is 1.63. The summed E-state index contributed by atoms with van der Waals surface area (Å²) in [5.74, 6) is -0.271. The van der Waals surface area contributed by atoms with Gasteiger partial charge in [0.05, 0.1) is 19.8 Å². The third kappa shape index (κ3) is 6.46. The number of benzene rings is 1. The molecule has 0 atom stereocenters. The van der Waals surface area contributed by atoms with Crippen LogP contribution in [0, 0.1) is 0 Å². The Bertz CT molecular complexity index is 765. The number of hydrogen-bond acceptors (Lipinski definition) is 6. The van der Waals surface area contributed by atoms with Crippen LogP contribution in [0.1, 0.15) is 26.7 Å². The average Bonchev–Trinajstić information content (AvgIpc) is 3.13. The molecule has 1 aromatic carbocycles. The molecule has 9 heteroatoms. The van der Waals surface area contributed by atoms with Gasteiger partial charge >= 0.3 is 0 Å². The van der Waals surface area contributed by atoms with Crippen LogP contribution >= 0.6 is 15.9 Å². The number of ether oxygens (including phenoxy) is 2. The van der Waals surface area contributed by atoms with Gasteiger partial charge in [0.2, 0.25) is 5.89 Å². The van der Waals surface area contributed by atoms with Gasteiger partial charge in [-0.3, -0.25) is 9.59 Å². The fraction of sp³-hybridized carbons (Fsp3) is 0.389. The number of rotatable bonds is 10. The van der Waals surface area contributed by atoms with Gasteiger partial charge in [0, 0.05) is 37.3 Å². The highest BCUT2D eigenvalue weighted by Crippen LogP contribution is 2.15. The predicted octanol–water partition coefficient (Wildman–Crippen LogP) is 2.10. The molecule has 1 heterocycles. The lowest BCUT2D eigenvalue weighted by atomic mass is 10.2. The van der Waals surface area contributed by atoms with Gasteiger partial charge in [0.25, 0.3) is 11.8 Å². The first-order valence-electron chi connectivity index (χ1n) is 8.30. The Kier molecular flexibility index (Phi) is 8.43. The molecule has 0 spiro atoms. The van der Waals surface area contributed by atoms with Crippen molar-refractivity contribution >= 4 is 27.7 Å². The van der Waals surface area contributed by atoms with Crippen LogP contribution in [0.15, 0.2) is 39.4 Å². The quantitative estimate of drug-likeness (QED) is 0.569. The van der Waals surface area contributed by atoms with Crippen molar-refractivity contribution in [3.8, 4) is 0 Å². The van der Waals surface area contributed by atoms with E-state index in [9.17, 15) is 9.59 Å². The van der Waals surface area contributed by atoms with Gasteiger partial charge in [-0.1, -0.05) is 22.0 Å². The summed E-state index contributed by atoms with van der Waals surface area (Å²) in [5, 5.41) is 2.66. The summed E-state index contributed by atoms with van der Waals surface area (Å²) >= 11 is 3.36. The molecule has 27 heavy (non-hydrogen) atoms. The van der Waals surface area contributed by atoms with E-state index < -0.39 is 0 Å². The average molecular weight is 440 g/mol. The van der Waals surface area contributed by atoms with Crippen LogP contribution in [0.25, 0.3) is 0 Å². The second-order valence-electron chi connectivity index (χ2n) is 5.61. The number of halogens is 1. The van der Waals surface area contributed by atoms with Gasteiger partial charge in [0.15, 0.2) is 5.69 Å². The summed E-state index contributed by atoms with van der Waals surface area (Å²) < 4.78 is 16.1. The van der Waals surface area contributed by atoms with E-state index in [-0.39, 0.29) is 29.9 Å². The maximum atomic E-state index is 12.8. The minimum absolute atomic E-state index is 0.125. The molecule has 0 bridgehead atoms. The van der Waals surface area contributed by atoms with Crippen molar-refractivity contribution < 1.29 is 23.5 Å². The largest absolute Gasteiger partial charge is 0.446 e. The van der Waals surface area contributed by atoms with Gasteiger partial charge in [-0.05, 0) is 18.2 Å². The Morgan fingerprint density at radius 1 is 1.26 bits per heavy atom. The van der Waals surface area contributed by atoms with Crippen LogP contribution in [0.2, 0.25) is 0 Å². The fourth-order valence-electron chi connectivity index (χ4n) is 2.27. The van der Waals surface area contributed by atoms with E-state index in [2.05, 4.69) is 26.2 Å². The van der Waals surface area contributed by atoms with E-state index in [0.717, 1.165) is 4.47 Å². The Morgan fingerprint density at radius 2 is 2.04 bits per heavy atom. The monoisotopic (exact) mass is 439 g/mol. The number of hydrogen-bond donors (Lipinski definition) is 1. The third-order valence-corrected chi connectivity index (χ3v) is 4.12. The molecule has 8 nitrogen and oxygen atoms in total. The number of oxazole rings is 1. The molecule has 2 aromatic rings. The van der Waals surface area contributed by atoms with E-state index >= 15 is 0 Å². The molecule has 0 saturated heterocycles. The zero-order valence-corrected chi connectivity index (χ0v) is 16.8. The van der Waals surface area contributed by atoms with E-state index in [1.807, 2.05) is 6.07 Å². The topological polar surface area (TPSA) is 93.9 Å². The Balaban J connectivity index is 2.07. The molecule has 0 saturated carbocycles. The van der Waals surface area contributed by atoms with Crippen LogP contribution in [0.5, 0.6) is 0 Å². The zero-order valence-electron chi connectivity index (χ0n) is 15.2. The van der Waals surface area contributed by atoms with Crippen LogP contribution in [0.3, 0.4) is 0 Å². The smallest absolute Gasteiger partial charge is 0.273 e. The van der Waals surface area contributed by atoms with Crippen molar-refractivity contribution in [2.24, 2.45) is 0 Å². The molecule has 0 aliphatic rings. The highest BCUT2D eigenvalue weighted by atomic mass is 79.9. The molecule has 2 rings (SSSR count). The van der Waals surface area contributed by atoms with Gasteiger partial charge in [0.1, 0.15) is 6.26 Å². The molecular weight excluding hydrogens is 418 g/mol. The second-order valence-corrected chi connectivity index (χ2v) is 6.52. The standard InChI is InChI=1S/C18H22BrN3O5/c1-25-8-6-20-17(23)15-12-27-16(21-15)11-22(7-9-26-2)18(24)13-4-3-5-14(19)10-13/h3-5,10,12H,6-9,11H2,1-2H3,(H,20,23). The van der Waals surface area contributed by atoms with Crippen molar-refractivity contribution in [3.63, 3.8) is 0 Å². The van der Waals surface area contributed by atoms with Crippen molar-refractivity contribution in [2.45, 2.75) is 6.54 Å². The highest BCUT2D eigenvalue weighted by Gasteiger charge is 2.20. The van der Waals surface area contributed by atoms with Gasteiger partial charge in [-0.2, -0.15) is 0 Å². The first-order valence-corrected chi connectivity index (χ1v) is 9.09. The third-order valence-electron chi connectivity index (χ3n) is 3.63. The van der Waals surface area contributed by atoms with Gasteiger partial charge in [-0.25, -0.2) is 4.98 Å². The number of carbonyl (C=O) groups excluding carboxylic acids is 2. The Morgan fingerprint density at radius 3 is 2.74 bits per heavy atom. The number of aromatic nitrogens is 1. The molecule has 1 aromatic heterocycles. The maximum Gasteiger partial charge on any atom is 0.273 e. The fourth-order valence-corrected chi connectivity index (χ4v) is 2.67. The SMILES string of the molecule is COCCNC(=O)c1coc(CN(CCOC)C(=O)c2cccc(Br)c2)n1. The lowest BCUT2D eigenvalue weighted by molar-refractivity contribution is 0.0662. The normalized spacial score (nSPS) is 10.6. The second kappa shape index (κ2) is 10.8. The van der Waals surface area contributed by atoms with Crippen LogP contribution < -0.4 is 5.32 Å². The Hall–Kier alpha value is -2.23. The maximum absolute atomic E-state index is 12.8. The highest BCUT2D eigenvalue weighted by molar-refractivity contribution is 9.10. The number of amides is 2. The Labute approximate surface area is 166 Å². The predicted molar refractivity (Wildman–Crippen MR) is 101 cm³/mol. The van der Waals surface area contributed by atoms with Crippen molar-refractivity contribution in [3.05, 3.63) is 52.1 Å². The first-order chi connectivity index (χ1) is 13.0. The van der Waals surface area contributed by atoms with Crippen molar-refractivity contribution in [1.82, 2.24) is 15.2 Å². The molecule has 0 fully saturated rings. The molecule has 1 N–H and O–H groups in total. The molecule has 0 aliphatic carbocycles. The molecule has 0 aliphatic heterocycles. The van der Waals surface area contributed by atoms with Crippen molar-refractivity contribution in [2.75, 3.05) is 40.5 Å². The lowest BCUT2D eigenvalue weighted by Crippen LogP contribution is -2.33. The molecule has 2 amide bonds. The minimum Gasteiger partial charge on any atom is -0.446 e. The molecule has 0 unspecified atom stereocenters. The number of carbonyl (C=O) groups is 2. The molecule has 0 radical (unpaired) electrons.